The summed E-state index contributed by atoms with van der Waals surface area (Å²) in [5.74, 6) is -0.250. The van der Waals surface area contributed by atoms with E-state index in [0.717, 1.165) is 6.42 Å². The Hall–Kier alpha value is -1.96. The average molecular weight is 299 g/mol. The number of rotatable bonds is 4. The maximum Gasteiger partial charge on any atom is 0.249 e. The van der Waals surface area contributed by atoms with Crippen LogP contribution in [-0.2, 0) is 9.59 Å². The van der Waals surface area contributed by atoms with E-state index in [0.29, 0.717) is 12.5 Å². The Morgan fingerprint density at radius 2 is 2.15 bits per heavy atom. The van der Waals surface area contributed by atoms with E-state index in [2.05, 4.69) is 25.6 Å². The molecule has 0 radical (unpaired) electrons. The summed E-state index contributed by atoms with van der Waals surface area (Å²) in [6.45, 7) is 4.36. The van der Waals surface area contributed by atoms with Crippen LogP contribution in [0.15, 0.2) is 0 Å². The van der Waals surface area contributed by atoms with Gasteiger partial charge in [0, 0.05) is 6.54 Å². The minimum atomic E-state index is -0.551. The molecule has 0 saturated carbocycles. The summed E-state index contributed by atoms with van der Waals surface area (Å²) in [5, 5.41) is 5.26. The van der Waals surface area contributed by atoms with E-state index >= 15 is 0 Å². The van der Waals surface area contributed by atoms with Crippen LogP contribution in [0.2, 0.25) is 5.28 Å². The van der Waals surface area contributed by atoms with Crippen molar-refractivity contribution in [1.82, 2.24) is 20.3 Å². The number of piperazine rings is 1. The molecule has 108 valence electrons. The summed E-state index contributed by atoms with van der Waals surface area (Å²) >= 11 is 5.85. The van der Waals surface area contributed by atoms with Crippen LogP contribution in [0.3, 0.4) is 0 Å². The molecular weight excluding hydrogens is 284 g/mol. The molecule has 20 heavy (non-hydrogen) atoms. The topological polar surface area (TPSA) is 100 Å². The molecule has 1 aromatic rings. The van der Waals surface area contributed by atoms with Crippen molar-refractivity contribution in [2.75, 3.05) is 23.3 Å². The molecule has 8 nitrogen and oxygen atoms in total. The monoisotopic (exact) mass is 298 g/mol. The predicted molar refractivity (Wildman–Crippen MR) is 73.6 cm³/mol. The summed E-state index contributed by atoms with van der Waals surface area (Å²) in [4.78, 5) is 36.7. The number of carbonyl (C=O) groups is 2. The number of halogens is 1. The van der Waals surface area contributed by atoms with Crippen LogP contribution in [0.1, 0.15) is 20.3 Å². The van der Waals surface area contributed by atoms with E-state index in [1.165, 1.54) is 4.90 Å². The molecule has 9 heteroatoms. The average Bonchev–Trinajstić information content (AvgIpc) is 2.40. The van der Waals surface area contributed by atoms with Crippen molar-refractivity contribution in [3.05, 3.63) is 5.28 Å². The summed E-state index contributed by atoms with van der Waals surface area (Å²) in [7, 11) is 0. The molecule has 0 aliphatic carbocycles. The van der Waals surface area contributed by atoms with Crippen LogP contribution in [0.25, 0.3) is 0 Å². The van der Waals surface area contributed by atoms with Crippen LogP contribution in [0, 0.1) is 0 Å². The van der Waals surface area contributed by atoms with Crippen LogP contribution >= 0.6 is 11.6 Å². The van der Waals surface area contributed by atoms with Gasteiger partial charge in [-0.05, 0) is 24.9 Å². The van der Waals surface area contributed by atoms with Gasteiger partial charge in [0.1, 0.15) is 12.6 Å². The molecule has 2 N–H and O–H groups in total. The number of hydrogen-bond donors (Lipinski definition) is 2. The van der Waals surface area contributed by atoms with Crippen LogP contribution in [0.4, 0.5) is 11.9 Å². The Kier molecular flexibility index (Phi) is 4.33. The molecule has 1 unspecified atom stereocenters. The van der Waals surface area contributed by atoms with Crippen molar-refractivity contribution in [2.45, 2.75) is 26.3 Å². The lowest BCUT2D eigenvalue weighted by Gasteiger charge is -2.31. The fourth-order valence-corrected chi connectivity index (χ4v) is 1.90. The molecule has 1 aromatic heterocycles. The van der Waals surface area contributed by atoms with Crippen molar-refractivity contribution < 1.29 is 9.59 Å². The van der Waals surface area contributed by atoms with Gasteiger partial charge in [0.25, 0.3) is 0 Å². The minimum absolute atomic E-state index is 0.000463. The molecule has 0 aromatic carbocycles. The Labute approximate surface area is 120 Å². The number of amides is 2. The molecule has 1 aliphatic heterocycles. The van der Waals surface area contributed by atoms with Gasteiger partial charge in [-0.1, -0.05) is 6.92 Å². The molecule has 1 fully saturated rings. The lowest BCUT2D eigenvalue weighted by atomic mass is 10.2. The van der Waals surface area contributed by atoms with E-state index in [-0.39, 0.29) is 23.7 Å². The summed E-state index contributed by atoms with van der Waals surface area (Å²) in [6, 6.07) is -0.551. The van der Waals surface area contributed by atoms with Gasteiger partial charge in [0.2, 0.25) is 29.0 Å². The Bertz CT molecular complexity index is 538. The Morgan fingerprint density at radius 1 is 1.40 bits per heavy atom. The van der Waals surface area contributed by atoms with Crippen molar-refractivity contribution in [2.24, 2.45) is 0 Å². The Morgan fingerprint density at radius 3 is 2.85 bits per heavy atom. The first-order valence-electron chi connectivity index (χ1n) is 6.27. The van der Waals surface area contributed by atoms with E-state index in [1.54, 1.807) is 6.92 Å². The van der Waals surface area contributed by atoms with Crippen LogP contribution < -0.4 is 15.5 Å². The molecule has 1 aliphatic rings. The van der Waals surface area contributed by atoms with Gasteiger partial charge in [-0.25, -0.2) is 0 Å². The normalized spacial score (nSPS) is 18.9. The summed E-state index contributed by atoms with van der Waals surface area (Å²) in [5.41, 5.74) is 0. The molecule has 2 amide bonds. The number of nitrogens with one attached hydrogen (secondary N) is 2. The van der Waals surface area contributed by atoms with Crippen LogP contribution in [-0.4, -0.2) is 45.9 Å². The van der Waals surface area contributed by atoms with Gasteiger partial charge >= 0.3 is 0 Å². The first kappa shape index (κ1) is 14.4. The highest BCUT2D eigenvalue weighted by atomic mass is 35.5. The quantitative estimate of drug-likeness (QED) is 0.766. The fourth-order valence-electron chi connectivity index (χ4n) is 1.74. The largest absolute Gasteiger partial charge is 0.354 e. The van der Waals surface area contributed by atoms with Crippen molar-refractivity contribution in [1.29, 1.82) is 0 Å². The zero-order valence-corrected chi connectivity index (χ0v) is 11.9. The van der Waals surface area contributed by atoms with Gasteiger partial charge in [-0.3, -0.25) is 14.9 Å². The van der Waals surface area contributed by atoms with E-state index in [1.807, 2.05) is 6.92 Å². The smallest absolute Gasteiger partial charge is 0.249 e. The molecule has 0 bridgehead atoms. The van der Waals surface area contributed by atoms with Crippen molar-refractivity contribution >= 4 is 35.3 Å². The number of carbonyl (C=O) groups excluding carboxylic acids is 2. The number of anilines is 2. The highest BCUT2D eigenvalue weighted by molar-refractivity contribution is 6.28. The lowest BCUT2D eigenvalue weighted by molar-refractivity contribution is -0.132. The van der Waals surface area contributed by atoms with Gasteiger partial charge in [0.05, 0.1) is 0 Å². The van der Waals surface area contributed by atoms with Gasteiger partial charge < -0.3 is 10.2 Å². The number of imide groups is 1. The van der Waals surface area contributed by atoms with Gasteiger partial charge in [-0.15, -0.1) is 0 Å². The lowest BCUT2D eigenvalue weighted by Crippen LogP contribution is -2.57. The maximum atomic E-state index is 11.6. The standard InChI is InChI=1S/C11H15ClN6O2/c1-3-4-13-10-15-9(12)16-11(17-10)18-5-7(19)14-8(20)6(18)2/h6H,3-5H2,1-2H3,(H,14,19,20)(H,13,15,16,17). The Balaban J connectivity index is 2.28. The minimum Gasteiger partial charge on any atom is -0.354 e. The van der Waals surface area contributed by atoms with E-state index in [4.69, 9.17) is 11.6 Å². The highest BCUT2D eigenvalue weighted by Gasteiger charge is 2.32. The van der Waals surface area contributed by atoms with E-state index in [9.17, 15) is 9.59 Å². The molecule has 2 rings (SSSR count). The number of hydrogen-bond acceptors (Lipinski definition) is 7. The highest BCUT2D eigenvalue weighted by Crippen LogP contribution is 2.17. The van der Waals surface area contributed by atoms with E-state index < -0.39 is 11.9 Å². The SMILES string of the molecule is CCCNc1nc(Cl)nc(N2CC(=O)NC(=O)C2C)n1. The maximum absolute atomic E-state index is 11.6. The predicted octanol–water partition coefficient (Wildman–Crippen LogP) is 0.198. The number of aromatic nitrogens is 3. The molecular formula is C11H15ClN6O2. The number of nitrogens with zero attached hydrogens (tertiary/aromatic N) is 4. The van der Waals surface area contributed by atoms with Crippen molar-refractivity contribution in [3.63, 3.8) is 0 Å². The summed E-state index contributed by atoms with van der Waals surface area (Å²) in [6.07, 6.45) is 0.902. The first-order chi connectivity index (χ1) is 9.51. The molecule has 0 spiro atoms. The second-order valence-corrected chi connectivity index (χ2v) is 4.71. The first-order valence-corrected chi connectivity index (χ1v) is 6.65. The van der Waals surface area contributed by atoms with Crippen LogP contribution in [0.5, 0.6) is 0 Å². The zero-order chi connectivity index (χ0) is 14.7. The third-order valence-corrected chi connectivity index (χ3v) is 2.98. The van der Waals surface area contributed by atoms with Gasteiger partial charge in [-0.2, -0.15) is 15.0 Å². The van der Waals surface area contributed by atoms with Gasteiger partial charge in [0.15, 0.2) is 0 Å². The second-order valence-electron chi connectivity index (χ2n) is 4.37. The third kappa shape index (κ3) is 3.13. The molecule has 2 heterocycles. The van der Waals surface area contributed by atoms with Crippen molar-refractivity contribution in [3.8, 4) is 0 Å². The third-order valence-electron chi connectivity index (χ3n) is 2.81. The summed E-state index contributed by atoms with van der Waals surface area (Å²) < 4.78 is 0. The molecule has 1 saturated heterocycles. The zero-order valence-electron chi connectivity index (χ0n) is 11.2. The fraction of sp³-hybridized carbons (Fsp3) is 0.545. The second kappa shape index (κ2) is 6.00. The molecule has 1 atom stereocenters.